The van der Waals surface area contributed by atoms with Crippen LogP contribution in [0, 0.1) is 0 Å². The topological polar surface area (TPSA) is 116 Å². The molecule has 0 aromatic heterocycles. The maximum absolute atomic E-state index is 11.7. The SMILES string of the molecule is COc1cc(OC)c2c(O)c3c(c(-c4c5c(c(O)c6c(OC)cc(OC)cc46)COC(C)C5O)c2c1)CC(C)OC3. The monoisotopic (exact) mass is 562 g/mol. The van der Waals surface area contributed by atoms with Crippen LogP contribution in [0.5, 0.6) is 34.5 Å². The van der Waals surface area contributed by atoms with Gasteiger partial charge in [-0.25, -0.2) is 0 Å². The summed E-state index contributed by atoms with van der Waals surface area (Å²) in [4.78, 5) is 0. The average molecular weight is 563 g/mol. The van der Waals surface area contributed by atoms with Crippen LogP contribution in [0.4, 0.5) is 0 Å². The van der Waals surface area contributed by atoms with E-state index in [4.69, 9.17) is 28.4 Å². The zero-order valence-electron chi connectivity index (χ0n) is 24.0. The van der Waals surface area contributed by atoms with E-state index in [0.29, 0.717) is 73.2 Å². The van der Waals surface area contributed by atoms with E-state index in [1.165, 1.54) is 7.11 Å². The van der Waals surface area contributed by atoms with Crippen molar-refractivity contribution in [1.29, 1.82) is 0 Å². The molecule has 41 heavy (non-hydrogen) atoms. The number of ether oxygens (including phenoxy) is 6. The normalized spacial score (nSPS) is 20.0. The summed E-state index contributed by atoms with van der Waals surface area (Å²) in [5.74, 6) is 1.97. The molecule has 4 aromatic carbocycles. The number of fused-ring (bicyclic) bond motifs is 4. The number of hydrogen-bond donors (Lipinski definition) is 3. The lowest BCUT2D eigenvalue weighted by atomic mass is 9.78. The predicted molar refractivity (Wildman–Crippen MR) is 154 cm³/mol. The van der Waals surface area contributed by atoms with Gasteiger partial charge in [-0.05, 0) is 49.1 Å². The van der Waals surface area contributed by atoms with Gasteiger partial charge in [-0.2, -0.15) is 0 Å². The molecule has 4 aromatic rings. The Kier molecular flexibility index (Phi) is 6.76. The molecule has 2 heterocycles. The number of aliphatic hydroxyl groups excluding tert-OH is 1. The molecule has 3 unspecified atom stereocenters. The fraction of sp³-hybridized carbons (Fsp3) is 0.375. The second kappa shape index (κ2) is 10.2. The summed E-state index contributed by atoms with van der Waals surface area (Å²) < 4.78 is 34.7. The first kappa shape index (κ1) is 27.3. The number of rotatable bonds is 5. The van der Waals surface area contributed by atoms with Crippen LogP contribution >= 0.6 is 0 Å². The standard InChI is InChI=1S/C32H34O9/c1-14-7-18-21(12-40-14)31(34)26-19(8-16(36-3)10-23(26)38-5)25(18)28-20-9-17(37-4)11-24(39-6)27(20)32(35)22-13-41-15(2)30(33)29(22)28/h8-11,14-15,30,33-35H,7,12-13H2,1-6H3. The number of phenols is 2. The van der Waals surface area contributed by atoms with E-state index in [9.17, 15) is 15.3 Å². The van der Waals surface area contributed by atoms with Gasteiger partial charge in [0, 0.05) is 39.6 Å². The molecule has 0 saturated heterocycles. The van der Waals surface area contributed by atoms with Gasteiger partial charge in [-0.1, -0.05) is 0 Å². The molecule has 0 saturated carbocycles. The molecule has 6 rings (SSSR count). The Labute approximate surface area is 237 Å². The van der Waals surface area contributed by atoms with Crippen molar-refractivity contribution in [2.45, 2.75) is 51.8 Å². The van der Waals surface area contributed by atoms with E-state index in [1.54, 1.807) is 40.4 Å². The summed E-state index contributed by atoms with van der Waals surface area (Å²) in [5.41, 5.74) is 4.04. The Morgan fingerprint density at radius 1 is 0.683 bits per heavy atom. The molecular formula is C32H34O9. The fourth-order valence-electron chi connectivity index (χ4n) is 6.32. The lowest BCUT2D eigenvalue weighted by molar-refractivity contribution is -0.0527. The van der Waals surface area contributed by atoms with Gasteiger partial charge in [-0.15, -0.1) is 0 Å². The number of aromatic hydroxyl groups is 2. The highest BCUT2D eigenvalue weighted by atomic mass is 16.5. The van der Waals surface area contributed by atoms with E-state index in [1.807, 2.05) is 19.1 Å². The van der Waals surface area contributed by atoms with E-state index in [2.05, 4.69) is 0 Å². The predicted octanol–water partition coefficient (Wildman–Crippen LogP) is 5.52. The van der Waals surface area contributed by atoms with Crippen LogP contribution in [0.1, 0.15) is 42.2 Å². The first-order chi connectivity index (χ1) is 19.7. The molecule has 0 radical (unpaired) electrons. The number of phenolic OH excluding ortho intramolecular Hbond substituents is 2. The highest BCUT2D eigenvalue weighted by molar-refractivity contribution is 6.15. The first-order valence-corrected chi connectivity index (χ1v) is 13.5. The van der Waals surface area contributed by atoms with Crippen molar-refractivity contribution in [1.82, 2.24) is 0 Å². The summed E-state index contributed by atoms with van der Waals surface area (Å²) in [7, 11) is 6.22. The number of methoxy groups -OCH3 is 4. The van der Waals surface area contributed by atoms with Gasteiger partial charge < -0.3 is 43.7 Å². The van der Waals surface area contributed by atoms with E-state index >= 15 is 0 Å². The van der Waals surface area contributed by atoms with Crippen LogP contribution < -0.4 is 18.9 Å². The molecule has 2 aliphatic rings. The fourth-order valence-corrected chi connectivity index (χ4v) is 6.32. The van der Waals surface area contributed by atoms with Crippen molar-refractivity contribution in [2.75, 3.05) is 28.4 Å². The van der Waals surface area contributed by atoms with Crippen molar-refractivity contribution >= 4 is 21.5 Å². The maximum Gasteiger partial charge on any atom is 0.134 e. The van der Waals surface area contributed by atoms with Crippen molar-refractivity contribution < 1.29 is 43.7 Å². The van der Waals surface area contributed by atoms with Crippen LogP contribution in [-0.2, 0) is 29.1 Å². The summed E-state index contributed by atoms with van der Waals surface area (Å²) >= 11 is 0. The molecule has 3 N–H and O–H groups in total. The van der Waals surface area contributed by atoms with Gasteiger partial charge in [0.2, 0.25) is 0 Å². The van der Waals surface area contributed by atoms with Gasteiger partial charge in [0.15, 0.2) is 0 Å². The highest BCUT2D eigenvalue weighted by Gasteiger charge is 2.37. The quantitative estimate of drug-likeness (QED) is 0.289. The van der Waals surface area contributed by atoms with Crippen LogP contribution in [0.15, 0.2) is 24.3 Å². The molecule has 0 bridgehead atoms. The Hall–Kier alpha value is -3.92. The molecule has 0 spiro atoms. The second-order valence-electron chi connectivity index (χ2n) is 10.6. The minimum atomic E-state index is -1.05. The zero-order chi connectivity index (χ0) is 29.2. The van der Waals surface area contributed by atoms with E-state index in [0.717, 1.165) is 11.1 Å². The summed E-state index contributed by atoms with van der Waals surface area (Å²) in [6, 6.07) is 7.15. The largest absolute Gasteiger partial charge is 0.507 e. The molecule has 9 heteroatoms. The minimum absolute atomic E-state index is 0.0204. The second-order valence-corrected chi connectivity index (χ2v) is 10.6. The van der Waals surface area contributed by atoms with Gasteiger partial charge >= 0.3 is 0 Å². The molecule has 0 amide bonds. The molecule has 2 aliphatic heterocycles. The Bertz CT molecular complexity index is 1690. The Morgan fingerprint density at radius 3 is 1.78 bits per heavy atom. The smallest absolute Gasteiger partial charge is 0.134 e. The van der Waals surface area contributed by atoms with Crippen molar-refractivity contribution in [3.8, 4) is 45.6 Å². The van der Waals surface area contributed by atoms with Crippen LogP contribution in [0.2, 0.25) is 0 Å². The third-order valence-electron chi connectivity index (χ3n) is 8.39. The first-order valence-electron chi connectivity index (χ1n) is 13.5. The van der Waals surface area contributed by atoms with E-state index in [-0.39, 0.29) is 30.8 Å². The Balaban J connectivity index is 1.92. The molecule has 0 aliphatic carbocycles. The minimum Gasteiger partial charge on any atom is -0.507 e. The number of hydrogen-bond acceptors (Lipinski definition) is 9. The molecule has 3 atom stereocenters. The number of benzene rings is 4. The molecule has 216 valence electrons. The molecule has 0 fully saturated rings. The lowest BCUT2D eigenvalue weighted by Crippen LogP contribution is -2.27. The van der Waals surface area contributed by atoms with Gasteiger partial charge in [0.25, 0.3) is 0 Å². The van der Waals surface area contributed by atoms with Crippen LogP contribution in [0.3, 0.4) is 0 Å². The van der Waals surface area contributed by atoms with Crippen LogP contribution in [-0.4, -0.2) is 56.0 Å². The maximum atomic E-state index is 11.7. The van der Waals surface area contributed by atoms with E-state index < -0.39 is 12.2 Å². The third kappa shape index (κ3) is 4.02. The van der Waals surface area contributed by atoms with Gasteiger partial charge in [-0.3, -0.25) is 0 Å². The zero-order valence-corrected chi connectivity index (χ0v) is 24.0. The summed E-state index contributed by atoms with van der Waals surface area (Å²) in [6.45, 7) is 4.09. The van der Waals surface area contributed by atoms with Crippen molar-refractivity contribution in [2.24, 2.45) is 0 Å². The van der Waals surface area contributed by atoms with Crippen molar-refractivity contribution in [3.63, 3.8) is 0 Å². The average Bonchev–Trinajstić information content (AvgIpc) is 2.98. The third-order valence-corrected chi connectivity index (χ3v) is 8.39. The molecular weight excluding hydrogens is 528 g/mol. The van der Waals surface area contributed by atoms with Crippen LogP contribution in [0.25, 0.3) is 32.7 Å². The Morgan fingerprint density at radius 2 is 1.22 bits per heavy atom. The van der Waals surface area contributed by atoms with Crippen molar-refractivity contribution in [3.05, 3.63) is 46.5 Å². The summed E-state index contributed by atoms with van der Waals surface area (Å²) in [6.07, 6.45) is -1.20. The summed E-state index contributed by atoms with van der Waals surface area (Å²) in [5, 5.41) is 37.2. The van der Waals surface area contributed by atoms with Gasteiger partial charge in [0.1, 0.15) is 40.6 Å². The highest BCUT2D eigenvalue weighted by Crippen LogP contribution is 2.55. The molecule has 9 nitrogen and oxygen atoms in total. The lowest BCUT2D eigenvalue weighted by Gasteiger charge is -2.34. The van der Waals surface area contributed by atoms with Gasteiger partial charge in [0.05, 0.1) is 64.6 Å². The number of aliphatic hydroxyl groups is 1.